The first kappa shape index (κ1) is 10.6. The molecule has 1 rings (SSSR count). The molecule has 0 aliphatic heterocycles. The van der Waals surface area contributed by atoms with Gasteiger partial charge in [0.05, 0.1) is 11.6 Å². The standard InChI is InChI=1S/C9H11Cl2NO/c1-2-13-9-6(5-12)3-7(10)4-8(9)11/h3-4H,2,5,12H2,1H3. The van der Waals surface area contributed by atoms with Crippen LogP contribution in [0.3, 0.4) is 0 Å². The van der Waals surface area contributed by atoms with Crippen LogP contribution in [-0.2, 0) is 6.54 Å². The van der Waals surface area contributed by atoms with Crippen LogP contribution in [0.15, 0.2) is 12.1 Å². The predicted molar refractivity (Wildman–Crippen MR) is 55.5 cm³/mol. The fourth-order valence-electron chi connectivity index (χ4n) is 1.07. The second-order valence-electron chi connectivity index (χ2n) is 2.51. The van der Waals surface area contributed by atoms with Gasteiger partial charge in [0.2, 0.25) is 0 Å². The number of benzene rings is 1. The van der Waals surface area contributed by atoms with Crippen molar-refractivity contribution < 1.29 is 4.74 Å². The van der Waals surface area contributed by atoms with Crippen LogP contribution in [0.25, 0.3) is 0 Å². The first-order valence-electron chi connectivity index (χ1n) is 3.99. The van der Waals surface area contributed by atoms with Gasteiger partial charge in [0.1, 0.15) is 5.75 Å². The van der Waals surface area contributed by atoms with Gasteiger partial charge in [-0.15, -0.1) is 0 Å². The Bertz CT molecular complexity index is 302. The largest absolute Gasteiger partial charge is 0.492 e. The molecule has 0 unspecified atom stereocenters. The molecule has 72 valence electrons. The number of halogens is 2. The van der Waals surface area contributed by atoms with E-state index in [-0.39, 0.29) is 0 Å². The van der Waals surface area contributed by atoms with E-state index < -0.39 is 0 Å². The van der Waals surface area contributed by atoms with Crippen LogP contribution in [0.5, 0.6) is 5.75 Å². The molecule has 4 heteroatoms. The fraction of sp³-hybridized carbons (Fsp3) is 0.333. The van der Waals surface area contributed by atoms with Crippen molar-refractivity contribution in [3.8, 4) is 5.75 Å². The van der Waals surface area contributed by atoms with Crippen molar-refractivity contribution in [2.75, 3.05) is 6.61 Å². The van der Waals surface area contributed by atoms with Crippen molar-refractivity contribution in [3.05, 3.63) is 27.7 Å². The molecule has 0 heterocycles. The van der Waals surface area contributed by atoms with Crippen LogP contribution in [-0.4, -0.2) is 6.61 Å². The number of nitrogens with two attached hydrogens (primary N) is 1. The van der Waals surface area contributed by atoms with Crippen LogP contribution in [0.4, 0.5) is 0 Å². The third-order valence-electron chi connectivity index (χ3n) is 1.59. The maximum absolute atomic E-state index is 5.93. The van der Waals surface area contributed by atoms with Crippen LogP contribution in [0.2, 0.25) is 10.0 Å². The van der Waals surface area contributed by atoms with Gasteiger partial charge in [-0.05, 0) is 19.1 Å². The molecule has 0 fully saturated rings. The summed E-state index contributed by atoms with van der Waals surface area (Å²) in [6.45, 7) is 2.83. The summed E-state index contributed by atoms with van der Waals surface area (Å²) in [4.78, 5) is 0. The van der Waals surface area contributed by atoms with E-state index >= 15 is 0 Å². The van der Waals surface area contributed by atoms with Crippen LogP contribution >= 0.6 is 23.2 Å². The van der Waals surface area contributed by atoms with E-state index in [2.05, 4.69) is 0 Å². The molecule has 0 aliphatic carbocycles. The summed E-state index contributed by atoms with van der Waals surface area (Å²) in [5.41, 5.74) is 6.35. The summed E-state index contributed by atoms with van der Waals surface area (Å²) in [5, 5.41) is 1.09. The van der Waals surface area contributed by atoms with Crippen molar-refractivity contribution in [2.45, 2.75) is 13.5 Å². The van der Waals surface area contributed by atoms with E-state index in [0.717, 1.165) is 5.56 Å². The zero-order valence-electron chi connectivity index (χ0n) is 7.31. The lowest BCUT2D eigenvalue weighted by Gasteiger charge is -2.10. The van der Waals surface area contributed by atoms with Crippen LogP contribution in [0.1, 0.15) is 12.5 Å². The van der Waals surface area contributed by atoms with Gasteiger partial charge in [-0.25, -0.2) is 0 Å². The Morgan fingerprint density at radius 1 is 1.38 bits per heavy atom. The Kier molecular flexibility index (Phi) is 3.85. The summed E-state index contributed by atoms with van der Waals surface area (Å²) < 4.78 is 5.34. The van der Waals surface area contributed by atoms with Gasteiger partial charge in [0.15, 0.2) is 0 Å². The molecule has 0 amide bonds. The summed E-state index contributed by atoms with van der Waals surface area (Å²) in [6, 6.07) is 3.41. The van der Waals surface area contributed by atoms with E-state index in [9.17, 15) is 0 Å². The lowest BCUT2D eigenvalue weighted by molar-refractivity contribution is 0.337. The van der Waals surface area contributed by atoms with Gasteiger partial charge >= 0.3 is 0 Å². The molecule has 0 radical (unpaired) electrons. The van der Waals surface area contributed by atoms with Crippen molar-refractivity contribution in [2.24, 2.45) is 5.73 Å². The molecule has 2 nitrogen and oxygen atoms in total. The highest BCUT2D eigenvalue weighted by Crippen LogP contribution is 2.32. The minimum Gasteiger partial charge on any atom is -0.492 e. The molecule has 0 aliphatic rings. The molecule has 0 saturated carbocycles. The lowest BCUT2D eigenvalue weighted by Crippen LogP contribution is -2.02. The van der Waals surface area contributed by atoms with Gasteiger partial charge in [-0.3, -0.25) is 0 Å². The van der Waals surface area contributed by atoms with Crippen molar-refractivity contribution in [1.82, 2.24) is 0 Å². The topological polar surface area (TPSA) is 35.2 Å². The average molecular weight is 220 g/mol. The Hall–Kier alpha value is -0.440. The molecule has 2 N–H and O–H groups in total. The molecular weight excluding hydrogens is 209 g/mol. The van der Waals surface area contributed by atoms with E-state index in [1.165, 1.54) is 0 Å². The third kappa shape index (κ3) is 2.50. The molecular formula is C9H11Cl2NO. The molecule has 0 atom stereocenters. The van der Waals surface area contributed by atoms with E-state index in [0.29, 0.717) is 28.9 Å². The van der Waals surface area contributed by atoms with E-state index in [4.69, 9.17) is 33.7 Å². The summed E-state index contributed by atoms with van der Waals surface area (Å²) in [6.07, 6.45) is 0. The predicted octanol–water partition coefficient (Wildman–Crippen LogP) is 2.85. The molecule has 0 spiro atoms. The molecule has 0 bridgehead atoms. The van der Waals surface area contributed by atoms with Gasteiger partial charge < -0.3 is 10.5 Å². The molecule has 13 heavy (non-hydrogen) atoms. The molecule has 1 aromatic carbocycles. The van der Waals surface area contributed by atoms with Crippen LogP contribution < -0.4 is 10.5 Å². The third-order valence-corrected chi connectivity index (χ3v) is 2.09. The van der Waals surface area contributed by atoms with Gasteiger partial charge in [-0.1, -0.05) is 23.2 Å². The lowest BCUT2D eigenvalue weighted by atomic mass is 10.2. The maximum atomic E-state index is 5.93. The monoisotopic (exact) mass is 219 g/mol. The minimum atomic E-state index is 0.371. The average Bonchev–Trinajstić information content (AvgIpc) is 2.09. The molecule has 0 saturated heterocycles. The summed E-state index contributed by atoms with van der Waals surface area (Å²) in [7, 11) is 0. The highest BCUT2D eigenvalue weighted by atomic mass is 35.5. The number of ether oxygens (including phenoxy) is 1. The Morgan fingerprint density at radius 3 is 2.62 bits per heavy atom. The highest BCUT2D eigenvalue weighted by molar-refractivity contribution is 6.35. The minimum absolute atomic E-state index is 0.371. The van der Waals surface area contributed by atoms with Gasteiger partial charge in [0, 0.05) is 17.1 Å². The van der Waals surface area contributed by atoms with Gasteiger partial charge in [0.25, 0.3) is 0 Å². The second-order valence-corrected chi connectivity index (χ2v) is 3.36. The van der Waals surface area contributed by atoms with Crippen LogP contribution in [0, 0.1) is 0 Å². The first-order valence-corrected chi connectivity index (χ1v) is 4.75. The summed E-state index contributed by atoms with van der Waals surface area (Å²) in [5.74, 6) is 0.635. The number of hydrogen-bond acceptors (Lipinski definition) is 2. The van der Waals surface area contributed by atoms with Crippen molar-refractivity contribution in [1.29, 1.82) is 0 Å². The van der Waals surface area contributed by atoms with E-state index in [1.807, 2.05) is 6.92 Å². The second kappa shape index (κ2) is 4.70. The zero-order valence-corrected chi connectivity index (χ0v) is 8.82. The van der Waals surface area contributed by atoms with Crippen molar-refractivity contribution >= 4 is 23.2 Å². The Labute approximate surface area is 87.6 Å². The number of hydrogen-bond donors (Lipinski definition) is 1. The summed E-state index contributed by atoms with van der Waals surface area (Å²) >= 11 is 11.7. The van der Waals surface area contributed by atoms with Crippen molar-refractivity contribution in [3.63, 3.8) is 0 Å². The molecule has 0 aromatic heterocycles. The zero-order chi connectivity index (χ0) is 9.84. The first-order chi connectivity index (χ1) is 6.19. The maximum Gasteiger partial charge on any atom is 0.142 e. The quantitative estimate of drug-likeness (QED) is 0.849. The SMILES string of the molecule is CCOc1c(Cl)cc(Cl)cc1CN. The van der Waals surface area contributed by atoms with E-state index in [1.54, 1.807) is 12.1 Å². The number of rotatable bonds is 3. The Balaban J connectivity index is 3.13. The Morgan fingerprint density at radius 2 is 2.08 bits per heavy atom. The fourth-order valence-corrected chi connectivity index (χ4v) is 1.66. The smallest absolute Gasteiger partial charge is 0.142 e. The highest BCUT2D eigenvalue weighted by Gasteiger charge is 2.08. The van der Waals surface area contributed by atoms with Gasteiger partial charge in [-0.2, -0.15) is 0 Å². The molecule has 1 aromatic rings. The normalized spacial score (nSPS) is 10.2.